The third-order valence-electron chi connectivity index (χ3n) is 3.10. The fourth-order valence-electron chi connectivity index (χ4n) is 2.08. The van der Waals surface area contributed by atoms with Crippen LogP contribution in [0.2, 0.25) is 0 Å². The van der Waals surface area contributed by atoms with E-state index in [1.807, 2.05) is 0 Å². The lowest BCUT2D eigenvalue weighted by Crippen LogP contribution is -2.25. The molecule has 0 N–H and O–H groups in total. The van der Waals surface area contributed by atoms with Gasteiger partial charge in [0.05, 0.1) is 15.7 Å². The molecule has 1 aliphatic heterocycles. The minimum atomic E-state index is -4.77. The molecule has 0 bridgehead atoms. The molecule has 0 unspecified atom stereocenters. The molecule has 9 heteroatoms. The Morgan fingerprint density at radius 3 is 2.38 bits per heavy atom. The van der Waals surface area contributed by atoms with Crippen molar-refractivity contribution in [3.05, 3.63) is 56.9 Å². The number of furan rings is 1. The summed E-state index contributed by atoms with van der Waals surface area (Å²) in [5.74, 6) is -0.791. The monoisotopic (exact) mass is 462 g/mol. The van der Waals surface area contributed by atoms with Crippen LogP contribution in [0.15, 0.2) is 60.6 Å². The van der Waals surface area contributed by atoms with Crippen molar-refractivity contribution in [2.45, 2.75) is 6.18 Å². The summed E-state index contributed by atoms with van der Waals surface area (Å²) < 4.78 is 45.8. The molecule has 0 spiro atoms. The van der Waals surface area contributed by atoms with Crippen LogP contribution >= 0.6 is 31.9 Å². The van der Waals surface area contributed by atoms with Gasteiger partial charge in [0.2, 0.25) is 0 Å². The second-order valence-electron chi connectivity index (χ2n) is 4.73. The Morgan fingerprint density at radius 2 is 1.83 bits per heavy atom. The summed E-state index contributed by atoms with van der Waals surface area (Å²) in [4.78, 5) is 12.4. The highest BCUT2D eigenvalue weighted by Gasteiger charge is 2.47. The molecule has 1 aliphatic rings. The summed E-state index contributed by atoms with van der Waals surface area (Å²) >= 11 is 6.26. The Morgan fingerprint density at radius 1 is 1.17 bits per heavy atom. The van der Waals surface area contributed by atoms with Gasteiger partial charge in [-0.05, 0) is 56.1 Å². The maximum atomic E-state index is 13.3. The van der Waals surface area contributed by atoms with Gasteiger partial charge in [-0.1, -0.05) is 18.2 Å². The standard InChI is InChI=1S/C15H7Br2F3N2O2/c16-11-7-9(24-13(11)17)6-10-12(15(18,19)20)21-22(14(10)23)8-4-2-1-3-5-8/h1-7H/b10-6-. The van der Waals surface area contributed by atoms with Crippen LogP contribution in [-0.4, -0.2) is 17.8 Å². The van der Waals surface area contributed by atoms with Gasteiger partial charge in [0.1, 0.15) is 5.76 Å². The molecule has 1 aromatic carbocycles. The van der Waals surface area contributed by atoms with Gasteiger partial charge >= 0.3 is 6.18 Å². The first-order valence-electron chi connectivity index (χ1n) is 6.49. The highest BCUT2D eigenvalue weighted by Crippen LogP contribution is 2.34. The number of halogens is 5. The molecule has 0 aliphatic carbocycles. The van der Waals surface area contributed by atoms with Crippen molar-refractivity contribution in [3.63, 3.8) is 0 Å². The van der Waals surface area contributed by atoms with Crippen molar-refractivity contribution in [2.75, 3.05) is 5.01 Å². The van der Waals surface area contributed by atoms with E-state index in [9.17, 15) is 18.0 Å². The lowest BCUT2D eigenvalue weighted by atomic mass is 10.1. The van der Waals surface area contributed by atoms with Gasteiger partial charge in [0.25, 0.3) is 5.91 Å². The zero-order valence-corrected chi connectivity index (χ0v) is 14.8. The van der Waals surface area contributed by atoms with E-state index in [-0.39, 0.29) is 11.4 Å². The Hall–Kier alpha value is -1.87. The number of carbonyl (C=O) groups excluding carboxylic acids is 1. The topological polar surface area (TPSA) is 45.8 Å². The van der Waals surface area contributed by atoms with E-state index in [2.05, 4.69) is 37.0 Å². The van der Waals surface area contributed by atoms with E-state index in [1.165, 1.54) is 18.2 Å². The summed E-state index contributed by atoms with van der Waals surface area (Å²) in [7, 11) is 0. The number of benzene rings is 1. The van der Waals surface area contributed by atoms with Crippen molar-refractivity contribution in [1.29, 1.82) is 0 Å². The van der Waals surface area contributed by atoms with Crippen LogP contribution in [0.5, 0.6) is 0 Å². The van der Waals surface area contributed by atoms with E-state index in [0.29, 0.717) is 9.14 Å². The average Bonchev–Trinajstić information content (AvgIpc) is 3.01. The first kappa shape index (κ1) is 17.0. The Bertz CT molecular complexity index is 838. The number of hydrogen-bond donors (Lipinski definition) is 0. The molecular weight excluding hydrogens is 457 g/mol. The van der Waals surface area contributed by atoms with Gasteiger partial charge in [0, 0.05) is 0 Å². The lowest BCUT2D eigenvalue weighted by Gasteiger charge is -2.10. The van der Waals surface area contributed by atoms with Gasteiger partial charge in [-0.15, -0.1) is 0 Å². The van der Waals surface area contributed by atoms with E-state index in [4.69, 9.17) is 4.42 Å². The van der Waals surface area contributed by atoms with Gasteiger partial charge in [-0.25, -0.2) is 0 Å². The molecule has 1 aromatic heterocycles. The molecule has 24 heavy (non-hydrogen) atoms. The van der Waals surface area contributed by atoms with Gasteiger partial charge in [0.15, 0.2) is 10.4 Å². The molecule has 0 atom stereocenters. The number of anilines is 1. The smallest absolute Gasteiger partial charge is 0.435 e. The average molecular weight is 464 g/mol. The molecule has 0 saturated heterocycles. The summed E-state index contributed by atoms with van der Waals surface area (Å²) in [5.41, 5.74) is -1.60. The number of alkyl halides is 3. The SMILES string of the molecule is O=C1/C(=C\c2cc(Br)c(Br)o2)C(C(F)(F)F)=NN1c1ccccc1. The fourth-order valence-corrected chi connectivity index (χ4v) is 2.68. The molecule has 3 rings (SSSR count). The largest absolute Gasteiger partial charge is 0.449 e. The zero-order chi connectivity index (χ0) is 17.5. The summed E-state index contributed by atoms with van der Waals surface area (Å²) in [6.45, 7) is 0. The molecule has 2 heterocycles. The van der Waals surface area contributed by atoms with Crippen molar-refractivity contribution in [3.8, 4) is 0 Å². The van der Waals surface area contributed by atoms with E-state index < -0.39 is 23.4 Å². The van der Waals surface area contributed by atoms with E-state index in [1.54, 1.807) is 18.2 Å². The van der Waals surface area contributed by atoms with Crippen LogP contribution in [0.4, 0.5) is 18.9 Å². The van der Waals surface area contributed by atoms with Gasteiger partial charge in [-0.3, -0.25) is 4.79 Å². The van der Waals surface area contributed by atoms with Crippen molar-refractivity contribution < 1.29 is 22.4 Å². The molecule has 2 aromatic rings. The number of amides is 1. The predicted molar refractivity (Wildman–Crippen MR) is 89.5 cm³/mol. The van der Waals surface area contributed by atoms with Crippen molar-refractivity contribution >= 4 is 55.2 Å². The fraction of sp³-hybridized carbons (Fsp3) is 0.0667. The first-order chi connectivity index (χ1) is 11.3. The second kappa shape index (κ2) is 6.21. The normalized spacial score (nSPS) is 16.9. The van der Waals surface area contributed by atoms with Crippen molar-refractivity contribution in [1.82, 2.24) is 0 Å². The molecule has 0 saturated carbocycles. The molecule has 124 valence electrons. The van der Waals surface area contributed by atoms with Crippen molar-refractivity contribution in [2.24, 2.45) is 5.10 Å². The minimum absolute atomic E-state index is 0.0870. The maximum Gasteiger partial charge on any atom is 0.435 e. The van der Waals surface area contributed by atoms with Crippen LogP contribution in [0.1, 0.15) is 5.76 Å². The number of carbonyl (C=O) groups is 1. The van der Waals surface area contributed by atoms with Crippen LogP contribution in [0, 0.1) is 0 Å². The third kappa shape index (κ3) is 3.18. The number of hydrogen-bond acceptors (Lipinski definition) is 3. The van der Waals surface area contributed by atoms with Crippen LogP contribution < -0.4 is 5.01 Å². The Labute approximate surface area is 150 Å². The highest BCUT2D eigenvalue weighted by molar-refractivity contribution is 9.13. The first-order valence-corrected chi connectivity index (χ1v) is 8.08. The van der Waals surface area contributed by atoms with Crippen LogP contribution in [0.25, 0.3) is 6.08 Å². The Kier molecular flexibility index (Phi) is 4.39. The number of nitrogens with zero attached hydrogens (tertiary/aromatic N) is 2. The molecule has 4 nitrogen and oxygen atoms in total. The molecular formula is C15H7Br2F3N2O2. The summed E-state index contributed by atoms with van der Waals surface area (Å²) in [5, 5.41) is 4.18. The summed E-state index contributed by atoms with van der Waals surface area (Å²) in [6.07, 6.45) is -3.75. The van der Waals surface area contributed by atoms with E-state index in [0.717, 1.165) is 11.1 Å². The van der Waals surface area contributed by atoms with Gasteiger partial charge < -0.3 is 4.42 Å². The highest BCUT2D eigenvalue weighted by atomic mass is 79.9. The van der Waals surface area contributed by atoms with Crippen LogP contribution in [-0.2, 0) is 4.79 Å². The van der Waals surface area contributed by atoms with Crippen LogP contribution in [0.3, 0.4) is 0 Å². The molecule has 1 amide bonds. The third-order valence-corrected chi connectivity index (χ3v) is 4.81. The molecule has 0 fully saturated rings. The minimum Gasteiger partial charge on any atom is -0.449 e. The number of para-hydroxylation sites is 1. The number of rotatable bonds is 2. The number of hydrazone groups is 1. The zero-order valence-electron chi connectivity index (χ0n) is 11.6. The second-order valence-corrected chi connectivity index (χ2v) is 6.30. The predicted octanol–water partition coefficient (Wildman–Crippen LogP) is 5.15. The quantitative estimate of drug-likeness (QED) is 0.578. The maximum absolute atomic E-state index is 13.3. The Balaban J connectivity index is 2.08. The lowest BCUT2D eigenvalue weighted by molar-refractivity contribution is -0.114. The van der Waals surface area contributed by atoms with E-state index >= 15 is 0 Å². The molecule has 0 radical (unpaired) electrons. The van der Waals surface area contributed by atoms with Gasteiger partial charge in [-0.2, -0.15) is 23.3 Å². The summed E-state index contributed by atoms with van der Waals surface area (Å²) in [6, 6.07) is 9.34.